The molecule has 0 aliphatic carbocycles. The first-order chi connectivity index (χ1) is 8.70. The number of methoxy groups -OCH3 is 1. The number of Topliss-reactive ketones (excluding diaryl/α,β-unsaturated/α-hetero) is 1. The summed E-state index contributed by atoms with van der Waals surface area (Å²) >= 11 is 3.38. The summed E-state index contributed by atoms with van der Waals surface area (Å²) in [7, 11) is 1.58. The Morgan fingerprint density at radius 3 is 3.06 bits per heavy atom. The van der Waals surface area contributed by atoms with Crippen molar-refractivity contribution in [3.63, 3.8) is 0 Å². The van der Waals surface area contributed by atoms with Gasteiger partial charge in [-0.15, -0.1) is 0 Å². The molecular formula is C14H17BrO3. The van der Waals surface area contributed by atoms with Crippen LogP contribution in [0.15, 0.2) is 22.7 Å². The molecule has 0 spiro atoms. The highest BCUT2D eigenvalue weighted by atomic mass is 79.9. The van der Waals surface area contributed by atoms with Gasteiger partial charge in [0.1, 0.15) is 5.75 Å². The minimum absolute atomic E-state index is 0.114. The number of ether oxygens (including phenoxy) is 2. The van der Waals surface area contributed by atoms with E-state index in [1.807, 2.05) is 18.2 Å². The second-order valence-electron chi connectivity index (χ2n) is 4.44. The van der Waals surface area contributed by atoms with Gasteiger partial charge in [0.2, 0.25) is 0 Å². The normalized spacial score (nSPS) is 18.9. The first-order valence-corrected chi connectivity index (χ1v) is 6.98. The van der Waals surface area contributed by atoms with Crippen LogP contribution in [0.2, 0.25) is 0 Å². The quantitative estimate of drug-likeness (QED) is 0.779. The molecule has 98 valence electrons. The van der Waals surface area contributed by atoms with Crippen molar-refractivity contribution >= 4 is 21.7 Å². The predicted octanol–water partition coefficient (Wildman–Crippen LogP) is 3.60. The van der Waals surface area contributed by atoms with Crippen molar-refractivity contribution in [2.75, 3.05) is 13.7 Å². The molecule has 0 bridgehead atoms. The summed E-state index contributed by atoms with van der Waals surface area (Å²) in [6.45, 7) is 0.832. The highest BCUT2D eigenvalue weighted by Crippen LogP contribution is 2.26. The molecule has 0 N–H and O–H groups in total. The standard InChI is InChI=1S/C14H17BrO3/c1-17-14-7-4-10(15)9-12(14)13(16)6-5-11-3-2-8-18-11/h4,7,9,11H,2-3,5-6,8H2,1H3. The second kappa shape index (κ2) is 6.34. The topological polar surface area (TPSA) is 35.5 Å². The van der Waals surface area contributed by atoms with Gasteiger partial charge in [0.05, 0.1) is 18.8 Å². The Morgan fingerprint density at radius 1 is 1.56 bits per heavy atom. The molecule has 1 fully saturated rings. The maximum Gasteiger partial charge on any atom is 0.166 e. The summed E-state index contributed by atoms with van der Waals surface area (Å²) in [5, 5.41) is 0. The van der Waals surface area contributed by atoms with Gasteiger partial charge in [0.25, 0.3) is 0 Å². The summed E-state index contributed by atoms with van der Waals surface area (Å²) in [4.78, 5) is 12.2. The molecule has 1 saturated heterocycles. The van der Waals surface area contributed by atoms with Gasteiger partial charge < -0.3 is 9.47 Å². The molecule has 1 unspecified atom stereocenters. The van der Waals surface area contributed by atoms with Crippen LogP contribution in [0, 0.1) is 0 Å². The third-order valence-corrected chi connectivity index (χ3v) is 3.67. The van der Waals surface area contributed by atoms with Crippen LogP contribution in [0.1, 0.15) is 36.0 Å². The number of rotatable bonds is 5. The van der Waals surface area contributed by atoms with Gasteiger partial charge in [-0.05, 0) is 37.5 Å². The van der Waals surface area contributed by atoms with E-state index in [0.29, 0.717) is 17.7 Å². The van der Waals surface area contributed by atoms with Crippen molar-refractivity contribution in [3.05, 3.63) is 28.2 Å². The van der Waals surface area contributed by atoms with Gasteiger partial charge in [-0.1, -0.05) is 15.9 Å². The highest BCUT2D eigenvalue weighted by molar-refractivity contribution is 9.10. The van der Waals surface area contributed by atoms with Crippen LogP contribution in [-0.4, -0.2) is 25.6 Å². The summed E-state index contributed by atoms with van der Waals surface area (Å²) < 4.78 is 11.6. The van der Waals surface area contributed by atoms with E-state index in [9.17, 15) is 4.79 Å². The van der Waals surface area contributed by atoms with Crippen molar-refractivity contribution in [2.24, 2.45) is 0 Å². The predicted molar refractivity (Wildman–Crippen MR) is 73.2 cm³/mol. The first kappa shape index (κ1) is 13.6. The lowest BCUT2D eigenvalue weighted by Crippen LogP contribution is -2.09. The zero-order chi connectivity index (χ0) is 13.0. The van der Waals surface area contributed by atoms with E-state index >= 15 is 0 Å². The molecule has 1 aromatic rings. The van der Waals surface area contributed by atoms with Crippen molar-refractivity contribution in [1.29, 1.82) is 0 Å². The Bertz CT molecular complexity index is 425. The zero-order valence-corrected chi connectivity index (χ0v) is 12.0. The van der Waals surface area contributed by atoms with E-state index in [-0.39, 0.29) is 11.9 Å². The van der Waals surface area contributed by atoms with Gasteiger partial charge in [0.15, 0.2) is 5.78 Å². The molecular weight excluding hydrogens is 296 g/mol. The van der Waals surface area contributed by atoms with Gasteiger partial charge in [0, 0.05) is 17.5 Å². The molecule has 3 nitrogen and oxygen atoms in total. The zero-order valence-electron chi connectivity index (χ0n) is 10.4. The number of carbonyl (C=O) groups excluding carboxylic acids is 1. The summed E-state index contributed by atoms with van der Waals surface area (Å²) in [6.07, 6.45) is 3.75. The minimum atomic E-state index is 0.114. The number of hydrogen-bond donors (Lipinski definition) is 0. The lowest BCUT2D eigenvalue weighted by Gasteiger charge is -2.10. The van der Waals surface area contributed by atoms with Crippen LogP contribution >= 0.6 is 15.9 Å². The molecule has 2 rings (SSSR count). The Morgan fingerprint density at radius 2 is 2.39 bits per heavy atom. The van der Waals surface area contributed by atoms with Crippen LogP contribution < -0.4 is 4.74 Å². The fraction of sp³-hybridized carbons (Fsp3) is 0.500. The van der Waals surface area contributed by atoms with Crippen LogP contribution in [0.25, 0.3) is 0 Å². The number of carbonyl (C=O) groups is 1. The monoisotopic (exact) mass is 312 g/mol. The molecule has 0 aromatic heterocycles. The second-order valence-corrected chi connectivity index (χ2v) is 5.36. The number of hydrogen-bond acceptors (Lipinski definition) is 3. The molecule has 0 amide bonds. The fourth-order valence-electron chi connectivity index (χ4n) is 2.20. The Kier molecular flexibility index (Phi) is 4.78. The van der Waals surface area contributed by atoms with Crippen LogP contribution in [0.5, 0.6) is 5.75 Å². The van der Waals surface area contributed by atoms with Crippen molar-refractivity contribution in [3.8, 4) is 5.75 Å². The summed E-state index contributed by atoms with van der Waals surface area (Å²) in [5.41, 5.74) is 0.643. The average Bonchev–Trinajstić information content (AvgIpc) is 2.89. The maximum absolute atomic E-state index is 12.2. The highest BCUT2D eigenvalue weighted by Gasteiger charge is 2.19. The van der Waals surface area contributed by atoms with Gasteiger partial charge in [-0.25, -0.2) is 0 Å². The third-order valence-electron chi connectivity index (χ3n) is 3.18. The smallest absolute Gasteiger partial charge is 0.166 e. The number of ketones is 1. The molecule has 0 saturated carbocycles. The molecule has 1 heterocycles. The average molecular weight is 313 g/mol. The molecule has 1 aliphatic rings. The van der Waals surface area contributed by atoms with Crippen molar-refractivity contribution < 1.29 is 14.3 Å². The van der Waals surface area contributed by atoms with E-state index in [1.165, 1.54) is 0 Å². The SMILES string of the molecule is COc1ccc(Br)cc1C(=O)CCC1CCCO1. The van der Waals surface area contributed by atoms with Crippen LogP contribution in [0.3, 0.4) is 0 Å². The molecule has 4 heteroatoms. The first-order valence-electron chi connectivity index (χ1n) is 6.19. The van der Waals surface area contributed by atoms with Crippen molar-refractivity contribution in [2.45, 2.75) is 31.8 Å². The molecule has 1 aromatic carbocycles. The Labute approximate surface area is 116 Å². The number of benzene rings is 1. The number of halogens is 1. The summed E-state index contributed by atoms with van der Waals surface area (Å²) in [5.74, 6) is 0.749. The van der Waals surface area contributed by atoms with Gasteiger partial charge >= 0.3 is 0 Å². The van der Waals surface area contributed by atoms with Gasteiger partial charge in [-0.2, -0.15) is 0 Å². The fourth-order valence-corrected chi connectivity index (χ4v) is 2.56. The third kappa shape index (κ3) is 3.33. The maximum atomic E-state index is 12.2. The largest absolute Gasteiger partial charge is 0.496 e. The van der Waals surface area contributed by atoms with Crippen molar-refractivity contribution in [1.82, 2.24) is 0 Å². The molecule has 1 aliphatic heterocycles. The lowest BCUT2D eigenvalue weighted by molar-refractivity contribution is 0.0857. The molecule has 1 atom stereocenters. The van der Waals surface area contributed by atoms with E-state index in [1.54, 1.807) is 7.11 Å². The van der Waals surface area contributed by atoms with E-state index in [4.69, 9.17) is 9.47 Å². The van der Waals surface area contributed by atoms with E-state index in [2.05, 4.69) is 15.9 Å². The van der Waals surface area contributed by atoms with Crippen LogP contribution in [-0.2, 0) is 4.74 Å². The van der Waals surface area contributed by atoms with Gasteiger partial charge in [-0.3, -0.25) is 4.79 Å². The molecule has 18 heavy (non-hydrogen) atoms. The minimum Gasteiger partial charge on any atom is -0.496 e. The Hall–Kier alpha value is -0.870. The van der Waals surface area contributed by atoms with Crippen LogP contribution in [0.4, 0.5) is 0 Å². The van der Waals surface area contributed by atoms with E-state index < -0.39 is 0 Å². The van der Waals surface area contributed by atoms with E-state index in [0.717, 1.165) is 30.3 Å². The lowest BCUT2D eigenvalue weighted by atomic mass is 10.0. The Balaban J connectivity index is 2.00. The molecule has 0 radical (unpaired) electrons. The summed E-state index contributed by atoms with van der Waals surface area (Å²) in [6, 6.07) is 5.50.